The molecular formula is C10H17NO2. The molecule has 0 aromatic rings. The van der Waals surface area contributed by atoms with Crippen molar-refractivity contribution < 1.29 is 9.90 Å². The maximum absolute atomic E-state index is 10.6. The number of hydrogen-bond donors (Lipinski definition) is 2. The number of carboxylic acid groups (broad SMARTS) is 1. The monoisotopic (exact) mass is 183 g/mol. The van der Waals surface area contributed by atoms with E-state index in [1.807, 2.05) is 0 Å². The second-order valence-electron chi connectivity index (χ2n) is 4.37. The fourth-order valence-corrected chi connectivity index (χ4v) is 2.36. The van der Waals surface area contributed by atoms with Crippen LogP contribution in [0.2, 0.25) is 0 Å². The van der Waals surface area contributed by atoms with E-state index in [1.54, 1.807) is 0 Å². The van der Waals surface area contributed by atoms with Crippen LogP contribution in [0.1, 0.15) is 25.7 Å². The lowest BCUT2D eigenvalue weighted by molar-refractivity contribution is -0.138. The minimum Gasteiger partial charge on any atom is -0.481 e. The first-order chi connectivity index (χ1) is 6.27. The Morgan fingerprint density at radius 1 is 1.38 bits per heavy atom. The van der Waals surface area contributed by atoms with Crippen molar-refractivity contribution in [3.63, 3.8) is 0 Å². The highest BCUT2D eigenvalue weighted by Crippen LogP contribution is 2.44. The van der Waals surface area contributed by atoms with Crippen LogP contribution >= 0.6 is 0 Å². The molecule has 1 aliphatic heterocycles. The summed E-state index contributed by atoms with van der Waals surface area (Å²) in [5.74, 6) is 0.699. The van der Waals surface area contributed by atoms with Gasteiger partial charge in [-0.3, -0.25) is 4.79 Å². The summed E-state index contributed by atoms with van der Waals surface area (Å²) >= 11 is 0. The van der Waals surface area contributed by atoms with Gasteiger partial charge in [-0.1, -0.05) is 0 Å². The Kier molecular flexibility index (Phi) is 2.54. The Bertz CT molecular complexity index is 199. The quantitative estimate of drug-likeness (QED) is 0.688. The number of piperidine rings is 1. The third kappa shape index (κ3) is 2.21. The molecule has 74 valence electrons. The van der Waals surface area contributed by atoms with Gasteiger partial charge in [-0.15, -0.1) is 0 Å². The fourth-order valence-electron chi connectivity index (χ4n) is 2.36. The van der Waals surface area contributed by atoms with E-state index in [4.69, 9.17) is 5.11 Å². The summed E-state index contributed by atoms with van der Waals surface area (Å²) in [5, 5.41) is 12.1. The van der Waals surface area contributed by atoms with Crippen molar-refractivity contribution in [2.24, 2.45) is 17.8 Å². The van der Waals surface area contributed by atoms with Gasteiger partial charge in [0, 0.05) is 0 Å². The van der Waals surface area contributed by atoms with Crippen molar-refractivity contribution in [1.82, 2.24) is 5.32 Å². The van der Waals surface area contributed by atoms with Crippen LogP contribution in [0.3, 0.4) is 0 Å². The average Bonchev–Trinajstić information content (AvgIpc) is 2.86. The van der Waals surface area contributed by atoms with Gasteiger partial charge in [0.05, 0.1) is 5.92 Å². The van der Waals surface area contributed by atoms with Gasteiger partial charge in [0.25, 0.3) is 0 Å². The van der Waals surface area contributed by atoms with E-state index < -0.39 is 5.97 Å². The number of rotatable bonds is 3. The lowest BCUT2D eigenvalue weighted by Crippen LogP contribution is -2.28. The molecule has 0 aromatic heterocycles. The van der Waals surface area contributed by atoms with Crippen LogP contribution in [-0.2, 0) is 4.79 Å². The van der Waals surface area contributed by atoms with E-state index >= 15 is 0 Å². The van der Waals surface area contributed by atoms with E-state index in [-0.39, 0.29) is 5.92 Å². The molecule has 2 N–H and O–H groups in total. The number of nitrogens with one attached hydrogen (secondary N) is 1. The normalized spacial score (nSPS) is 34.5. The molecule has 2 fully saturated rings. The minimum atomic E-state index is -0.584. The Hall–Kier alpha value is -0.570. The smallest absolute Gasteiger partial charge is 0.306 e. The second-order valence-corrected chi connectivity index (χ2v) is 4.37. The second kappa shape index (κ2) is 3.66. The molecule has 1 aliphatic carbocycles. The third-order valence-electron chi connectivity index (χ3n) is 3.33. The molecule has 0 radical (unpaired) electrons. The average molecular weight is 183 g/mol. The molecule has 2 aliphatic rings. The van der Waals surface area contributed by atoms with Crippen LogP contribution in [0, 0.1) is 17.8 Å². The molecule has 0 bridgehead atoms. The van der Waals surface area contributed by atoms with Gasteiger partial charge in [-0.25, -0.2) is 0 Å². The number of carboxylic acids is 1. The summed E-state index contributed by atoms with van der Waals surface area (Å²) < 4.78 is 0. The van der Waals surface area contributed by atoms with E-state index in [0.717, 1.165) is 31.8 Å². The molecule has 0 unspecified atom stereocenters. The number of hydrogen-bond acceptors (Lipinski definition) is 2. The Morgan fingerprint density at radius 3 is 2.62 bits per heavy atom. The zero-order chi connectivity index (χ0) is 9.26. The van der Waals surface area contributed by atoms with E-state index in [1.165, 1.54) is 12.8 Å². The number of aliphatic carboxylic acids is 1. The fraction of sp³-hybridized carbons (Fsp3) is 0.900. The maximum Gasteiger partial charge on any atom is 0.306 e. The summed E-state index contributed by atoms with van der Waals surface area (Å²) in [6, 6.07) is 0. The van der Waals surface area contributed by atoms with Crippen LogP contribution in [-0.4, -0.2) is 24.2 Å². The van der Waals surface area contributed by atoms with Crippen molar-refractivity contribution >= 4 is 5.97 Å². The standard InChI is InChI=1S/C10H17NO2/c12-10(13)9-6-8(9)5-7-1-3-11-4-2-7/h7-9,11H,1-6H2,(H,12,13)/t8-,9-/m1/s1. The summed E-state index contributed by atoms with van der Waals surface area (Å²) in [5.41, 5.74) is 0. The first kappa shape index (κ1) is 9.00. The third-order valence-corrected chi connectivity index (χ3v) is 3.33. The summed E-state index contributed by atoms with van der Waals surface area (Å²) in [4.78, 5) is 10.6. The molecule has 1 heterocycles. The largest absolute Gasteiger partial charge is 0.481 e. The lowest BCUT2D eigenvalue weighted by atomic mass is 9.92. The predicted molar refractivity (Wildman–Crippen MR) is 49.4 cm³/mol. The molecule has 2 atom stereocenters. The van der Waals surface area contributed by atoms with Gasteiger partial charge in [-0.2, -0.15) is 0 Å². The summed E-state index contributed by atoms with van der Waals surface area (Å²) in [6.45, 7) is 2.24. The highest BCUT2D eigenvalue weighted by atomic mass is 16.4. The lowest BCUT2D eigenvalue weighted by Gasteiger charge is -2.22. The molecule has 0 amide bonds. The van der Waals surface area contributed by atoms with Crippen molar-refractivity contribution in [2.45, 2.75) is 25.7 Å². The van der Waals surface area contributed by atoms with Gasteiger partial charge < -0.3 is 10.4 Å². The van der Waals surface area contributed by atoms with Crippen LogP contribution in [0.4, 0.5) is 0 Å². The van der Waals surface area contributed by atoms with E-state index in [9.17, 15) is 4.79 Å². The summed E-state index contributed by atoms with van der Waals surface area (Å²) in [7, 11) is 0. The SMILES string of the molecule is O=C(O)[C@@H]1C[C@H]1CC1CCNCC1. The molecule has 3 nitrogen and oxygen atoms in total. The molecule has 3 heteroatoms. The van der Waals surface area contributed by atoms with Crippen LogP contribution in [0.25, 0.3) is 0 Å². The topological polar surface area (TPSA) is 49.3 Å². The van der Waals surface area contributed by atoms with Crippen molar-refractivity contribution in [3.8, 4) is 0 Å². The van der Waals surface area contributed by atoms with Crippen molar-refractivity contribution in [2.75, 3.05) is 13.1 Å². The highest BCUT2D eigenvalue weighted by Gasteiger charge is 2.43. The molecule has 0 spiro atoms. The first-order valence-electron chi connectivity index (χ1n) is 5.21. The Balaban J connectivity index is 1.70. The Morgan fingerprint density at radius 2 is 2.08 bits per heavy atom. The molecule has 1 saturated carbocycles. The zero-order valence-electron chi connectivity index (χ0n) is 7.83. The molecule has 2 rings (SSSR count). The molecule has 0 aromatic carbocycles. The van der Waals surface area contributed by atoms with E-state index in [2.05, 4.69) is 5.32 Å². The first-order valence-corrected chi connectivity index (χ1v) is 5.21. The van der Waals surface area contributed by atoms with Gasteiger partial charge in [0.15, 0.2) is 0 Å². The Labute approximate surface area is 78.5 Å². The highest BCUT2D eigenvalue weighted by molar-refractivity contribution is 5.73. The van der Waals surface area contributed by atoms with Crippen molar-refractivity contribution in [1.29, 1.82) is 0 Å². The molecular weight excluding hydrogens is 166 g/mol. The predicted octanol–water partition coefficient (Wildman–Crippen LogP) is 1.10. The summed E-state index contributed by atoms with van der Waals surface area (Å²) in [6.07, 6.45) is 4.56. The maximum atomic E-state index is 10.6. The number of carbonyl (C=O) groups is 1. The van der Waals surface area contributed by atoms with E-state index in [0.29, 0.717) is 5.92 Å². The van der Waals surface area contributed by atoms with Gasteiger partial charge in [0.1, 0.15) is 0 Å². The van der Waals surface area contributed by atoms with Crippen LogP contribution < -0.4 is 5.32 Å². The molecule has 13 heavy (non-hydrogen) atoms. The van der Waals surface area contributed by atoms with Crippen LogP contribution in [0.15, 0.2) is 0 Å². The van der Waals surface area contributed by atoms with Gasteiger partial charge >= 0.3 is 5.97 Å². The van der Waals surface area contributed by atoms with Gasteiger partial charge in [0.2, 0.25) is 0 Å². The van der Waals surface area contributed by atoms with Gasteiger partial charge in [-0.05, 0) is 50.6 Å². The molecule has 1 saturated heterocycles. The van der Waals surface area contributed by atoms with Crippen LogP contribution in [0.5, 0.6) is 0 Å². The van der Waals surface area contributed by atoms with Crippen molar-refractivity contribution in [3.05, 3.63) is 0 Å². The zero-order valence-corrected chi connectivity index (χ0v) is 7.83. The minimum absolute atomic E-state index is 0.00474.